The summed E-state index contributed by atoms with van der Waals surface area (Å²) in [6.45, 7) is 9.85. The zero-order valence-corrected chi connectivity index (χ0v) is 12.1. The monoisotopic (exact) mass is 278 g/mol. The standard InChI is InChI=1S/C13H19F3O.C2H6/c1-3-8-12(9-4-2)17-11-7-5-6-10-13(14,15)16;1-2/h3-4,8-9H,1,5-7,10-11H2,2H3;1-2H3/b9-4-,12-8+;. The Balaban J connectivity index is 0. The Morgan fingerprint density at radius 2 is 1.79 bits per heavy atom. The number of halogens is 3. The van der Waals surface area contributed by atoms with E-state index in [9.17, 15) is 13.2 Å². The molecule has 4 heteroatoms. The van der Waals surface area contributed by atoms with Crippen LogP contribution in [-0.2, 0) is 4.74 Å². The summed E-state index contributed by atoms with van der Waals surface area (Å²) in [4.78, 5) is 0. The molecular formula is C15H25F3O. The molecule has 0 atom stereocenters. The van der Waals surface area contributed by atoms with Gasteiger partial charge in [0, 0.05) is 6.42 Å². The lowest BCUT2D eigenvalue weighted by molar-refractivity contribution is -0.135. The van der Waals surface area contributed by atoms with Crippen LogP contribution in [0.4, 0.5) is 13.2 Å². The number of alkyl halides is 3. The average molecular weight is 278 g/mol. The lowest BCUT2D eigenvalue weighted by atomic mass is 10.2. The van der Waals surface area contributed by atoms with E-state index < -0.39 is 12.6 Å². The number of unbranched alkanes of at least 4 members (excludes halogenated alkanes) is 2. The van der Waals surface area contributed by atoms with Crippen LogP contribution in [0, 0.1) is 0 Å². The molecule has 0 spiro atoms. The molecule has 0 aliphatic rings. The third kappa shape index (κ3) is 16.8. The number of hydrogen-bond donors (Lipinski definition) is 0. The van der Waals surface area contributed by atoms with E-state index >= 15 is 0 Å². The van der Waals surface area contributed by atoms with Crippen LogP contribution < -0.4 is 0 Å². The van der Waals surface area contributed by atoms with Gasteiger partial charge in [0.2, 0.25) is 0 Å². The molecule has 112 valence electrons. The van der Waals surface area contributed by atoms with Crippen LogP contribution in [0.2, 0.25) is 0 Å². The maximum atomic E-state index is 11.8. The molecule has 0 saturated carbocycles. The summed E-state index contributed by atoms with van der Waals surface area (Å²) >= 11 is 0. The van der Waals surface area contributed by atoms with E-state index in [4.69, 9.17) is 4.74 Å². The second-order valence-electron chi connectivity index (χ2n) is 3.58. The van der Waals surface area contributed by atoms with Crippen molar-refractivity contribution in [1.29, 1.82) is 0 Å². The fourth-order valence-corrected chi connectivity index (χ4v) is 1.23. The molecule has 0 saturated heterocycles. The van der Waals surface area contributed by atoms with Gasteiger partial charge in [0.15, 0.2) is 0 Å². The number of ether oxygens (including phenoxy) is 1. The van der Waals surface area contributed by atoms with Crippen molar-refractivity contribution in [3.63, 3.8) is 0 Å². The molecule has 0 aliphatic carbocycles. The molecule has 0 aromatic heterocycles. The van der Waals surface area contributed by atoms with Gasteiger partial charge in [-0.3, -0.25) is 0 Å². The Labute approximate surface area is 114 Å². The van der Waals surface area contributed by atoms with Crippen LogP contribution in [-0.4, -0.2) is 12.8 Å². The summed E-state index contributed by atoms with van der Waals surface area (Å²) in [5.41, 5.74) is 0. The normalized spacial score (nSPS) is 12.0. The smallest absolute Gasteiger partial charge is 0.389 e. The molecule has 0 rings (SSSR count). The third-order valence-corrected chi connectivity index (χ3v) is 1.99. The van der Waals surface area contributed by atoms with Gasteiger partial charge < -0.3 is 4.74 Å². The van der Waals surface area contributed by atoms with Crippen molar-refractivity contribution in [3.8, 4) is 0 Å². The van der Waals surface area contributed by atoms with Gasteiger partial charge in [-0.25, -0.2) is 0 Å². The largest absolute Gasteiger partial charge is 0.494 e. The van der Waals surface area contributed by atoms with Gasteiger partial charge in [-0.05, 0) is 38.3 Å². The van der Waals surface area contributed by atoms with E-state index in [0.717, 1.165) is 0 Å². The Morgan fingerprint density at radius 1 is 1.16 bits per heavy atom. The Kier molecular flexibility index (Phi) is 14.0. The van der Waals surface area contributed by atoms with Crippen LogP contribution in [0.15, 0.2) is 36.6 Å². The van der Waals surface area contributed by atoms with E-state index in [-0.39, 0.29) is 6.42 Å². The highest BCUT2D eigenvalue weighted by Crippen LogP contribution is 2.22. The number of rotatable bonds is 8. The second-order valence-corrected chi connectivity index (χ2v) is 3.58. The van der Waals surface area contributed by atoms with Crippen molar-refractivity contribution in [3.05, 3.63) is 36.6 Å². The maximum absolute atomic E-state index is 11.8. The molecule has 0 fully saturated rings. The van der Waals surface area contributed by atoms with Gasteiger partial charge in [-0.1, -0.05) is 32.6 Å². The van der Waals surface area contributed by atoms with Crippen LogP contribution >= 0.6 is 0 Å². The van der Waals surface area contributed by atoms with Crippen LogP contribution in [0.3, 0.4) is 0 Å². The summed E-state index contributed by atoms with van der Waals surface area (Å²) in [7, 11) is 0. The van der Waals surface area contributed by atoms with Gasteiger partial charge in [0.25, 0.3) is 0 Å². The molecule has 0 aliphatic heterocycles. The molecule has 1 nitrogen and oxygen atoms in total. The first-order valence-corrected chi connectivity index (χ1v) is 6.64. The molecule has 0 heterocycles. The average Bonchev–Trinajstić information content (AvgIpc) is 2.35. The Bertz CT molecular complexity index is 265. The van der Waals surface area contributed by atoms with Crippen LogP contribution in [0.5, 0.6) is 0 Å². The quantitative estimate of drug-likeness (QED) is 0.310. The molecule has 0 bridgehead atoms. The summed E-state index contributed by atoms with van der Waals surface area (Å²) in [5.74, 6) is 0.679. The molecule has 0 N–H and O–H groups in total. The minimum Gasteiger partial charge on any atom is -0.494 e. The summed E-state index contributed by atoms with van der Waals surface area (Å²) in [6.07, 6.45) is 3.51. The zero-order chi connectivity index (χ0) is 15.1. The fraction of sp³-hybridized carbons (Fsp3) is 0.600. The van der Waals surface area contributed by atoms with Crippen molar-refractivity contribution in [2.75, 3.05) is 6.61 Å². The van der Waals surface area contributed by atoms with Crippen molar-refractivity contribution >= 4 is 0 Å². The van der Waals surface area contributed by atoms with Crippen molar-refractivity contribution < 1.29 is 17.9 Å². The van der Waals surface area contributed by atoms with Gasteiger partial charge >= 0.3 is 6.18 Å². The highest BCUT2D eigenvalue weighted by atomic mass is 19.4. The molecule has 0 radical (unpaired) electrons. The van der Waals surface area contributed by atoms with Gasteiger partial charge in [-0.2, -0.15) is 13.2 Å². The predicted molar refractivity (Wildman–Crippen MR) is 74.9 cm³/mol. The molecule has 0 aromatic rings. The molecule has 0 unspecified atom stereocenters. The summed E-state index contributed by atoms with van der Waals surface area (Å²) < 4.78 is 40.9. The van der Waals surface area contributed by atoms with Crippen LogP contribution in [0.1, 0.15) is 46.5 Å². The lowest BCUT2D eigenvalue weighted by Gasteiger charge is -2.07. The topological polar surface area (TPSA) is 9.23 Å². The summed E-state index contributed by atoms with van der Waals surface area (Å²) in [5, 5.41) is 0. The molecule has 0 aromatic carbocycles. The van der Waals surface area contributed by atoms with Crippen molar-refractivity contribution in [1.82, 2.24) is 0 Å². The summed E-state index contributed by atoms with van der Waals surface area (Å²) in [6, 6.07) is 0. The number of hydrogen-bond acceptors (Lipinski definition) is 1. The first kappa shape index (κ1) is 20.1. The molecular weight excluding hydrogens is 253 g/mol. The minimum atomic E-state index is -4.04. The lowest BCUT2D eigenvalue weighted by Crippen LogP contribution is -2.06. The van der Waals surface area contributed by atoms with Crippen LogP contribution in [0.25, 0.3) is 0 Å². The Morgan fingerprint density at radius 3 is 2.26 bits per heavy atom. The predicted octanol–water partition coefficient (Wildman–Crippen LogP) is 5.80. The minimum absolute atomic E-state index is 0.164. The van der Waals surface area contributed by atoms with E-state index in [0.29, 0.717) is 25.2 Å². The third-order valence-electron chi connectivity index (χ3n) is 1.99. The van der Waals surface area contributed by atoms with E-state index in [2.05, 4.69) is 6.58 Å². The highest BCUT2D eigenvalue weighted by Gasteiger charge is 2.25. The maximum Gasteiger partial charge on any atom is 0.389 e. The van der Waals surface area contributed by atoms with E-state index in [1.54, 1.807) is 18.2 Å². The first-order valence-electron chi connectivity index (χ1n) is 6.64. The highest BCUT2D eigenvalue weighted by molar-refractivity contribution is 5.16. The SMILES string of the molecule is C=C/C=C(\C=C/C)OCCCCCC(F)(F)F.CC. The Hall–Kier alpha value is -1.19. The molecule has 0 amide bonds. The van der Waals surface area contributed by atoms with Crippen molar-refractivity contribution in [2.24, 2.45) is 0 Å². The fourth-order valence-electron chi connectivity index (χ4n) is 1.23. The second kappa shape index (κ2) is 13.2. The van der Waals surface area contributed by atoms with Gasteiger partial charge in [0.05, 0.1) is 6.61 Å². The number of allylic oxidation sites excluding steroid dienone is 4. The first-order chi connectivity index (χ1) is 8.99. The molecule has 19 heavy (non-hydrogen) atoms. The van der Waals surface area contributed by atoms with Gasteiger partial charge in [0.1, 0.15) is 5.76 Å². The van der Waals surface area contributed by atoms with E-state index in [1.165, 1.54) is 0 Å². The van der Waals surface area contributed by atoms with E-state index in [1.807, 2.05) is 26.8 Å². The van der Waals surface area contributed by atoms with Crippen molar-refractivity contribution in [2.45, 2.75) is 52.6 Å². The van der Waals surface area contributed by atoms with Gasteiger partial charge in [-0.15, -0.1) is 0 Å². The zero-order valence-electron chi connectivity index (χ0n) is 12.1.